The zero-order chi connectivity index (χ0) is 39.3. The molecule has 0 radical (unpaired) electrons. The first kappa shape index (κ1) is 45.0. The second-order valence-electron chi connectivity index (χ2n) is 11.4. The fraction of sp³-hybridized carbons (Fsp3) is 0.455. The highest BCUT2D eigenvalue weighted by Gasteiger charge is 2.31. The van der Waals surface area contributed by atoms with Crippen LogP contribution in [0.1, 0.15) is 50.7 Å². The number of ether oxygens (including phenoxy) is 4. The highest BCUT2D eigenvalue weighted by molar-refractivity contribution is 8.16. The van der Waals surface area contributed by atoms with Gasteiger partial charge in [-0.3, -0.25) is 18.2 Å². The summed E-state index contributed by atoms with van der Waals surface area (Å²) in [6.45, 7) is 2.80. The van der Waals surface area contributed by atoms with E-state index in [1.807, 2.05) is 6.92 Å². The molecule has 0 unspecified atom stereocenters. The van der Waals surface area contributed by atoms with Gasteiger partial charge in [0.15, 0.2) is 0 Å². The summed E-state index contributed by atoms with van der Waals surface area (Å²) < 4.78 is 80.0. The molecule has 53 heavy (non-hydrogen) atoms. The molecule has 0 aliphatic carbocycles. The second-order valence-corrected chi connectivity index (χ2v) is 16.7. The quantitative estimate of drug-likeness (QED) is 0.0602. The summed E-state index contributed by atoms with van der Waals surface area (Å²) in [6.07, 6.45) is 0.650. The largest absolute Gasteiger partial charge is 0.469 e. The number of oxime groups is 2. The van der Waals surface area contributed by atoms with Crippen LogP contribution in [0.2, 0.25) is 0 Å². The summed E-state index contributed by atoms with van der Waals surface area (Å²) in [5, 5.41) is 6.09. The van der Waals surface area contributed by atoms with Crippen LogP contribution in [0.4, 0.5) is 0 Å². The monoisotopic (exact) mass is 818 g/mol. The van der Waals surface area contributed by atoms with Gasteiger partial charge in [0, 0.05) is 16.9 Å². The van der Waals surface area contributed by atoms with Gasteiger partial charge in [-0.2, -0.15) is 16.8 Å². The predicted octanol–water partition coefficient (Wildman–Crippen LogP) is 4.19. The molecule has 0 fully saturated rings. The first-order chi connectivity index (χ1) is 25.1. The molecule has 292 valence electrons. The van der Waals surface area contributed by atoms with Crippen molar-refractivity contribution in [1.82, 2.24) is 0 Å². The van der Waals surface area contributed by atoms with Crippen molar-refractivity contribution in [2.75, 3.05) is 38.9 Å². The third-order valence-corrected chi connectivity index (χ3v) is 10.5. The summed E-state index contributed by atoms with van der Waals surface area (Å²) in [5.41, 5.74) is -0.166. The molecule has 0 aliphatic rings. The van der Waals surface area contributed by atoms with Crippen molar-refractivity contribution >= 4 is 77.7 Å². The maximum atomic E-state index is 13.2. The maximum Gasteiger partial charge on any atom is 0.367 e. The van der Waals surface area contributed by atoms with Crippen molar-refractivity contribution in [3.63, 3.8) is 0 Å². The Bertz CT molecular complexity index is 1660. The number of methoxy groups -OCH3 is 2. The normalized spacial score (nSPS) is 12.4. The fourth-order valence-electron chi connectivity index (χ4n) is 4.09. The van der Waals surface area contributed by atoms with Crippen LogP contribution in [0.3, 0.4) is 0 Å². The van der Waals surface area contributed by atoms with Crippen molar-refractivity contribution in [2.24, 2.45) is 15.7 Å². The molecular weight excluding hydrogens is 777 g/mol. The van der Waals surface area contributed by atoms with E-state index in [0.717, 1.165) is 0 Å². The molecule has 2 rings (SSSR count). The molecule has 0 N–H and O–H groups in total. The molecule has 0 amide bonds. The average molecular weight is 819 g/mol. The third-order valence-electron chi connectivity index (χ3n) is 6.69. The number of esters is 4. The van der Waals surface area contributed by atoms with Crippen molar-refractivity contribution in [3.05, 3.63) is 71.8 Å². The Kier molecular flexibility index (Phi) is 19.4. The van der Waals surface area contributed by atoms with E-state index in [-0.39, 0.29) is 37.6 Å². The second kappa shape index (κ2) is 22.8. The zero-order valence-electron chi connectivity index (χ0n) is 29.6. The van der Waals surface area contributed by atoms with E-state index in [4.69, 9.17) is 18.0 Å². The van der Waals surface area contributed by atoms with Crippen LogP contribution in [0.25, 0.3) is 0 Å². The van der Waals surface area contributed by atoms with Gasteiger partial charge in [0.25, 0.3) is 0 Å². The molecule has 0 saturated heterocycles. The summed E-state index contributed by atoms with van der Waals surface area (Å²) in [6, 6.07) is 16.3. The van der Waals surface area contributed by atoms with Crippen LogP contribution in [-0.2, 0) is 78.4 Å². The molecule has 0 spiro atoms. The predicted molar refractivity (Wildman–Crippen MR) is 198 cm³/mol. The average Bonchev–Trinajstić information content (AvgIpc) is 3.12. The number of carbonyl (C=O) groups excluding carboxylic acids is 4. The Morgan fingerprint density at radius 3 is 1.38 bits per heavy atom. The number of rotatable bonds is 20. The molecule has 0 atom stereocenters. The Hall–Kier alpha value is -4.14. The van der Waals surface area contributed by atoms with Gasteiger partial charge in [0.2, 0.25) is 10.1 Å². The van der Waals surface area contributed by atoms with E-state index in [0.29, 0.717) is 47.5 Å². The number of thioether (sulfide) groups is 2. The van der Waals surface area contributed by atoms with Crippen LogP contribution >= 0.6 is 23.5 Å². The topological polar surface area (TPSA) is 217 Å². The van der Waals surface area contributed by atoms with Gasteiger partial charge in [-0.1, -0.05) is 115 Å². The molecular formula is C33H42N2O14S4. The van der Waals surface area contributed by atoms with Crippen LogP contribution in [-0.4, -0.2) is 89.7 Å². The number of hydrogen-bond acceptors (Lipinski definition) is 18. The van der Waals surface area contributed by atoms with Gasteiger partial charge < -0.3 is 18.9 Å². The van der Waals surface area contributed by atoms with Crippen LogP contribution in [0, 0.1) is 5.41 Å². The Morgan fingerprint density at radius 1 is 0.660 bits per heavy atom. The van der Waals surface area contributed by atoms with Gasteiger partial charge in [-0.25, -0.2) is 9.59 Å². The fourth-order valence-corrected chi connectivity index (χ4v) is 7.33. The first-order valence-corrected chi connectivity index (χ1v) is 21.0. The van der Waals surface area contributed by atoms with Gasteiger partial charge in [-0.05, 0) is 17.5 Å². The molecule has 0 heterocycles. The highest BCUT2D eigenvalue weighted by Crippen LogP contribution is 2.26. The minimum atomic E-state index is -4.28. The number of carbonyl (C=O) groups is 4. The van der Waals surface area contributed by atoms with Crippen molar-refractivity contribution in [2.45, 2.75) is 51.0 Å². The molecule has 0 saturated carbocycles. The lowest BCUT2D eigenvalue weighted by atomic mass is 9.87. The van der Waals surface area contributed by atoms with Crippen molar-refractivity contribution in [1.29, 1.82) is 0 Å². The lowest BCUT2D eigenvalue weighted by molar-refractivity contribution is -0.145. The molecule has 0 bridgehead atoms. The number of hydrogen-bond donors (Lipinski definition) is 0. The Morgan fingerprint density at radius 2 is 1.04 bits per heavy atom. The van der Waals surface area contributed by atoms with Crippen LogP contribution in [0.15, 0.2) is 71.0 Å². The van der Waals surface area contributed by atoms with E-state index in [9.17, 15) is 36.0 Å². The van der Waals surface area contributed by atoms with E-state index in [1.54, 1.807) is 67.6 Å². The number of nitrogens with zero attached hydrogens (tertiary/aromatic N) is 2. The lowest BCUT2D eigenvalue weighted by Gasteiger charge is -2.28. The van der Waals surface area contributed by atoms with Crippen LogP contribution < -0.4 is 0 Å². The van der Waals surface area contributed by atoms with Gasteiger partial charge >= 0.3 is 44.1 Å². The van der Waals surface area contributed by atoms with E-state index in [2.05, 4.69) is 19.8 Å². The lowest BCUT2D eigenvalue weighted by Crippen LogP contribution is -2.34. The molecule has 2 aromatic rings. The molecule has 20 heteroatoms. The molecule has 2 aromatic carbocycles. The Balaban J connectivity index is 2.18. The highest BCUT2D eigenvalue weighted by atomic mass is 32.2. The van der Waals surface area contributed by atoms with Crippen LogP contribution in [0.5, 0.6) is 0 Å². The summed E-state index contributed by atoms with van der Waals surface area (Å²) in [5.74, 6) is -4.39. The van der Waals surface area contributed by atoms with Gasteiger partial charge in [0.1, 0.15) is 24.7 Å². The molecule has 0 aliphatic heterocycles. The van der Waals surface area contributed by atoms with Crippen molar-refractivity contribution in [3.8, 4) is 0 Å². The smallest absolute Gasteiger partial charge is 0.367 e. The minimum absolute atomic E-state index is 0.0224. The Labute approximate surface area is 317 Å². The van der Waals surface area contributed by atoms with Gasteiger partial charge in [-0.15, -0.1) is 0 Å². The van der Waals surface area contributed by atoms with E-state index < -0.39 is 71.1 Å². The van der Waals surface area contributed by atoms with Gasteiger partial charge in [0.05, 0.1) is 27.1 Å². The third kappa shape index (κ3) is 18.5. The van der Waals surface area contributed by atoms with E-state index >= 15 is 0 Å². The first-order valence-electron chi connectivity index (χ1n) is 15.9. The summed E-state index contributed by atoms with van der Waals surface area (Å²) in [7, 11) is -6.17. The van der Waals surface area contributed by atoms with Crippen molar-refractivity contribution < 1.29 is 63.5 Å². The molecule has 16 nitrogen and oxygen atoms in total. The summed E-state index contributed by atoms with van der Waals surface area (Å²) >= 11 is 1.42. The summed E-state index contributed by atoms with van der Waals surface area (Å²) in [4.78, 5) is 49.6. The maximum absolute atomic E-state index is 13.2. The molecule has 0 aromatic heterocycles. The zero-order valence-corrected chi connectivity index (χ0v) is 32.9. The SMILES string of the molecule is CCCC(C)(COC(=O)/C(=N/OS(=O)(=O)Cc1ccccc1)SCCC(=O)OC)COC(=O)/C(=N/OS(=O)(=O)Cc1ccccc1)SCCC(=O)OC. The minimum Gasteiger partial charge on any atom is -0.469 e. The number of benzene rings is 2. The standard InChI is InChI=1S/C33H42N2O14S4/c1-5-18-33(2,23-46-31(38)29(50-19-16-27(36)44-3)34-48-52(40,41)21-25-12-8-6-9-13-25)24-47-32(39)30(51-20-17-28(37)45-4)35-49-53(42,43)22-26-14-10-7-11-15-26/h6-15H,5,16-24H2,1-4H3/b34-29-,35-30-. The van der Waals surface area contributed by atoms with E-state index in [1.165, 1.54) is 14.2 Å².